The molecule has 0 saturated heterocycles. The molecular weight excluding hydrogens is 202 g/mol. The molecule has 0 aromatic carbocycles. The van der Waals surface area contributed by atoms with E-state index < -0.39 is 0 Å². The van der Waals surface area contributed by atoms with Crippen LogP contribution in [0.3, 0.4) is 0 Å². The number of hydrogen-bond acceptors (Lipinski definition) is 3. The Kier molecular flexibility index (Phi) is 1.96. The van der Waals surface area contributed by atoms with Gasteiger partial charge in [0.05, 0.1) is 12.0 Å². The molecule has 1 heterocycles. The normalized spacial score (nSPS) is 21.9. The third-order valence-electron chi connectivity index (χ3n) is 2.56. The number of hydrogen-bond donors (Lipinski definition) is 0. The first-order chi connectivity index (χ1) is 7.83. The fourth-order valence-corrected chi connectivity index (χ4v) is 1.73. The minimum absolute atomic E-state index is 0.0654. The highest BCUT2D eigenvalue weighted by atomic mass is 16.5. The zero-order valence-electron chi connectivity index (χ0n) is 8.51. The Morgan fingerprint density at radius 3 is 3.19 bits per heavy atom. The van der Waals surface area contributed by atoms with Crippen LogP contribution in [0, 0.1) is 0 Å². The molecule has 0 atom stereocenters. The van der Waals surface area contributed by atoms with Gasteiger partial charge in [0.1, 0.15) is 5.71 Å². The number of rotatable bonds is 0. The van der Waals surface area contributed by atoms with Crippen molar-refractivity contribution in [3.63, 3.8) is 0 Å². The van der Waals surface area contributed by atoms with E-state index in [2.05, 4.69) is 4.99 Å². The summed E-state index contributed by atoms with van der Waals surface area (Å²) in [7, 11) is 0. The zero-order chi connectivity index (χ0) is 11.0. The van der Waals surface area contributed by atoms with Gasteiger partial charge in [-0.05, 0) is 24.6 Å². The van der Waals surface area contributed by atoms with Crippen LogP contribution in [-0.2, 0) is 9.53 Å². The molecule has 3 aliphatic rings. The summed E-state index contributed by atoms with van der Waals surface area (Å²) in [6, 6.07) is 0. The largest absolute Gasteiger partial charge is 0.462 e. The molecule has 0 bridgehead atoms. The van der Waals surface area contributed by atoms with Crippen LogP contribution >= 0.6 is 0 Å². The van der Waals surface area contributed by atoms with Crippen LogP contribution < -0.4 is 0 Å². The number of ketones is 1. The van der Waals surface area contributed by atoms with Crippen molar-refractivity contribution in [1.29, 1.82) is 0 Å². The molecular formula is C13H9NO2. The van der Waals surface area contributed by atoms with Crippen LogP contribution in [0.15, 0.2) is 64.7 Å². The lowest BCUT2D eigenvalue weighted by Crippen LogP contribution is -2.08. The van der Waals surface area contributed by atoms with Crippen LogP contribution in [-0.4, -0.2) is 11.5 Å². The highest BCUT2D eigenvalue weighted by Gasteiger charge is 2.18. The van der Waals surface area contributed by atoms with Gasteiger partial charge < -0.3 is 4.74 Å². The summed E-state index contributed by atoms with van der Waals surface area (Å²) in [5.41, 5.74) is 2.64. The fraction of sp³-hybridized carbons (Fsp3) is 0.0769. The molecule has 1 aliphatic heterocycles. The summed E-state index contributed by atoms with van der Waals surface area (Å²) in [5.74, 6) is 0.458. The monoisotopic (exact) mass is 211 g/mol. The molecule has 0 spiro atoms. The van der Waals surface area contributed by atoms with Gasteiger partial charge in [0.15, 0.2) is 11.5 Å². The average Bonchev–Trinajstić information content (AvgIpc) is 2.48. The first-order valence-corrected chi connectivity index (χ1v) is 5.09. The summed E-state index contributed by atoms with van der Waals surface area (Å²) in [6.07, 6.45) is 13.1. The third-order valence-corrected chi connectivity index (χ3v) is 2.56. The first kappa shape index (κ1) is 9.09. The first-order valence-electron chi connectivity index (χ1n) is 5.09. The second kappa shape index (κ2) is 3.45. The second-order valence-electron chi connectivity index (χ2n) is 3.69. The van der Waals surface area contributed by atoms with E-state index in [1.54, 1.807) is 12.3 Å². The van der Waals surface area contributed by atoms with E-state index in [0.717, 1.165) is 17.7 Å². The molecule has 0 amide bonds. The zero-order valence-corrected chi connectivity index (χ0v) is 8.51. The number of ether oxygens (including phenoxy) is 1. The minimum Gasteiger partial charge on any atom is -0.462 e. The molecule has 0 fully saturated rings. The number of nitrogens with zero attached hydrogens (tertiary/aromatic N) is 1. The van der Waals surface area contributed by atoms with Gasteiger partial charge in [0.2, 0.25) is 0 Å². The second-order valence-corrected chi connectivity index (χ2v) is 3.69. The Morgan fingerprint density at radius 2 is 2.25 bits per heavy atom. The van der Waals surface area contributed by atoms with Gasteiger partial charge in [-0.3, -0.25) is 4.79 Å². The van der Waals surface area contributed by atoms with Crippen LogP contribution in [0.4, 0.5) is 0 Å². The van der Waals surface area contributed by atoms with E-state index in [1.807, 2.05) is 18.2 Å². The lowest BCUT2D eigenvalue weighted by molar-refractivity contribution is -0.110. The summed E-state index contributed by atoms with van der Waals surface area (Å²) in [4.78, 5) is 15.7. The fourth-order valence-electron chi connectivity index (χ4n) is 1.73. The van der Waals surface area contributed by atoms with E-state index in [1.165, 1.54) is 12.2 Å². The van der Waals surface area contributed by atoms with Gasteiger partial charge in [0, 0.05) is 11.6 Å². The molecule has 3 nitrogen and oxygen atoms in total. The average molecular weight is 211 g/mol. The predicted molar refractivity (Wildman–Crippen MR) is 60.7 cm³/mol. The molecule has 16 heavy (non-hydrogen) atoms. The molecule has 0 aromatic heterocycles. The van der Waals surface area contributed by atoms with Crippen molar-refractivity contribution < 1.29 is 9.53 Å². The third kappa shape index (κ3) is 1.46. The van der Waals surface area contributed by atoms with Crippen LogP contribution in [0.1, 0.15) is 6.42 Å². The quantitative estimate of drug-likeness (QED) is 0.576. The van der Waals surface area contributed by atoms with E-state index in [0.29, 0.717) is 11.5 Å². The van der Waals surface area contributed by atoms with Gasteiger partial charge in [-0.1, -0.05) is 12.2 Å². The number of aliphatic imine (C=N–C) groups is 1. The van der Waals surface area contributed by atoms with E-state index in [4.69, 9.17) is 4.74 Å². The standard InChI is InChI=1S/C13H9NO2/c15-10-5-6-12-13(7-10)16-8-9-3-1-2-4-11(9)14-12/h1-2,4-8H,3H2. The van der Waals surface area contributed by atoms with Crippen LogP contribution in [0.2, 0.25) is 0 Å². The molecule has 3 heteroatoms. The number of carbonyl (C=O) groups is 1. The number of carbonyl (C=O) groups excluding carboxylic acids is 1. The van der Waals surface area contributed by atoms with Gasteiger partial charge in [-0.25, -0.2) is 4.99 Å². The highest BCUT2D eigenvalue weighted by molar-refractivity contribution is 6.19. The number of fused-ring (bicyclic) bond motifs is 2. The molecule has 0 saturated carbocycles. The summed E-state index contributed by atoms with van der Waals surface area (Å²) < 4.78 is 5.47. The van der Waals surface area contributed by atoms with Crippen molar-refractivity contribution >= 4 is 11.5 Å². The molecule has 0 N–H and O–H groups in total. The van der Waals surface area contributed by atoms with E-state index >= 15 is 0 Å². The molecule has 3 rings (SSSR count). The predicted octanol–water partition coefficient (Wildman–Crippen LogP) is 2.21. The maximum Gasteiger partial charge on any atom is 0.182 e. The molecule has 0 aromatic rings. The van der Waals surface area contributed by atoms with Crippen molar-refractivity contribution in [1.82, 2.24) is 0 Å². The van der Waals surface area contributed by atoms with Crippen molar-refractivity contribution in [3.8, 4) is 0 Å². The van der Waals surface area contributed by atoms with Crippen molar-refractivity contribution in [2.75, 3.05) is 0 Å². The maximum atomic E-state index is 11.2. The lowest BCUT2D eigenvalue weighted by Gasteiger charge is -2.06. The highest BCUT2D eigenvalue weighted by Crippen LogP contribution is 2.26. The Balaban J connectivity index is 2.10. The van der Waals surface area contributed by atoms with Crippen molar-refractivity contribution in [2.24, 2.45) is 4.99 Å². The molecule has 0 radical (unpaired) electrons. The van der Waals surface area contributed by atoms with Gasteiger partial charge in [-0.2, -0.15) is 0 Å². The van der Waals surface area contributed by atoms with Crippen LogP contribution in [0.5, 0.6) is 0 Å². The van der Waals surface area contributed by atoms with E-state index in [9.17, 15) is 4.79 Å². The van der Waals surface area contributed by atoms with Gasteiger partial charge in [-0.15, -0.1) is 0 Å². The minimum atomic E-state index is -0.0654. The maximum absolute atomic E-state index is 11.2. The van der Waals surface area contributed by atoms with Crippen molar-refractivity contribution in [3.05, 3.63) is 59.7 Å². The SMILES string of the molecule is O=C1C=CC2=NC3=CC=CCC3=COC2=C1. The topological polar surface area (TPSA) is 38.7 Å². The smallest absolute Gasteiger partial charge is 0.182 e. The van der Waals surface area contributed by atoms with Crippen molar-refractivity contribution in [2.45, 2.75) is 6.42 Å². The lowest BCUT2D eigenvalue weighted by atomic mass is 10.1. The molecule has 2 aliphatic carbocycles. The number of allylic oxidation sites excluding steroid dienone is 7. The Hall–Kier alpha value is -2.16. The Labute approximate surface area is 92.8 Å². The summed E-state index contributed by atoms with van der Waals surface area (Å²) in [5, 5.41) is 0. The molecule has 0 unspecified atom stereocenters. The Bertz CT molecular complexity index is 542. The Morgan fingerprint density at radius 1 is 1.31 bits per heavy atom. The van der Waals surface area contributed by atoms with Gasteiger partial charge >= 0.3 is 0 Å². The van der Waals surface area contributed by atoms with Gasteiger partial charge in [0.25, 0.3) is 0 Å². The summed E-state index contributed by atoms with van der Waals surface area (Å²) in [6.45, 7) is 0. The van der Waals surface area contributed by atoms with E-state index in [-0.39, 0.29) is 5.78 Å². The molecule has 78 valence electrons. The summed E-state index contributed by atoms with van der Waals surface area (Å²) >= 11 is 0. The van der Waals surface area contributed by atoms with Crippen LogP contribution in [0.25, 0.3) is 0 Å².